The highest BCUT2D eigenvalue weighted by molar-refractivity contribution is 7.98. The molecule has 2 rings (SSSR count). The molecule has 2 aliphatic rings. The molecule has 2 fully saturated rings. The van der Waals surface area contributed by atoms with Gasteiger partial charge in [0.25, 0.3) is 0 Å². The zero-order valence-electron chi connectivity index (χ0n) is 12.3. The second-order valence-corrected chi connectivity index (χ2v) is 6.87. The largest absolute Gasteiger partial charge is 0.342 e. The Hall–Kier alpha value is -0.220. The van der Waals surface area contributed by atoms with Crippen LogP contribution in [-0.2, 0) is 4.79 Å². The van der Waals surface area contributed by atoms with E-state index >= 15 is 0 Å². The smallest absolute Gasteiger partial charge is 0.222 e. The fourth-order valence-corrected chi connectivity index (χ4v) is 4.03. The molecular formula is C15H28N2OS. The number of amides is 1. The van der Waals surface area contributed by atoms with Gasteiger partial charge in [0.05, 0.1) is 0 Å². The van der Waals surface area contributed by atoms with Crippen LogP contribution in [0.1, 0.15) is 38.5 Å². The van der Waals surface area contributed by atoms with Gasteiger partial charge < -0.3 is 9.80 Å². The maximum absolute atomic E-state index is 12.2. The molecule has 4 heteroatoms. The van der Waals surface area contributed by atoms with Crippen molar-refractivity contribution in [2.75, 3.05) is 44.7 Å². The summed E-state index contributed by atoms with van der Waals surface area (Å²) < 4.78 is 0. The van der Waals surface area contributed by atoms with Crippen LogP contribution in [0, 0.1) is 5.92 Å². The topological polar surface area (TPSA) is 23.6 Å². The Morgan fingerprint density at radius 1 is 1.21 bits per heavy atom. The molecule has 19 heavy (non-hydrogen) atoms. The molecule has 0 saturated carbocycles. The first kappa shape index (κ1) is 15.2. The van der Waals surface area contributed by atoms with Crippen molar-refractivity contribution in [1.29, 1.82) is 0 Å². The number of hydrogen-bond donors (Lipinski definition) is 0. The van der Waals surface area contributed by atoms with Crippen LogP contribution < -0.4 is 0 Å². The van der Waals surface area contributed by atoms with Crippen LogP contribution in [0.4, 0.5) is 0 Å². The van der Waals surface area contributed by atoms with Crippen molar-refractivity contribution in [1.82, 2.24) is 9.80 Å². The predicted octanol–water partition coefficient (Wildman–Crippen LogP) is 2.46. The van der Waals surface area contributed by atoms with Gasteiger partial charge in [-0.25, -0.2) is 0 Å². The Bertz CT molecular complexity index is 277. The van der Waals surface area contributed by atoms with Gasteiger partial charge in [0.1, 0.15) is 0 Å². The monoisotopic (exact) mass is 284 g/mol. The summed E-state index contributed by atoms with van der Waals surface area (Å²) in [6.07, 6.45) is 9.15. The van der Waals surface area contributed by atoms with E-state index in [1.54, 1.807) is 0 Å². The third-order valence-electron chi connectivity index (χ3n) is 4.34. The van der Waals surface area contributed by atoms with Crippen molar-refractivity contribution < 1.29 is 4.79 Å². The summed E-state index contributed by atoms with van der Waals surface area (Å²) in [6, 6.07) is 0. The number of thioether (sulfide) groups is 1. The van der Waals surface area contributed by atoms with Crippen LogP contribution >= 0.6 is 11.8 Å². The molecule has 2 heterocycles. The van der Waals surface area contributed by atoms with Crippen LogP contribution in [-0.4, -0.2) is 60.4 Å². The Labute approximate surface area is 122 Å². The van der Waals surface area contributed by atoms with Gasteiger partial charge in [-0.05, 0) is 69.7 Å². The first-order chi connectivity index (χ1) is 9.29. The molecular weight excluding hydrogens is 256 g/mol. The highest BCUT2D eigenvalue weighted by Gasteiger charge is 2.23. The quantitative estimate of drug-likeness (QED) is 0.748. The molecule has 3 nitrogen and oxygen atoms in total. The van der Waals surface area contributed by atoms with E-state index in [4.69, 9.17) is 0 Å². The third kappa shape index (κ3) is 4.99. The maximum Gasteiger partial charge on any atom is 0.222 e. The standard InChI is InChI=1S/C15H28N2OS/c1-19-13-14-6-4-11-17(12-14)15(18)7-5-10-16-8-2-3-9-16/h14H,2-13H2,1H3/t14-/m0/s1. The molecule has 0 aromatic heterocycles. The molecule has 110 valence electrons. The van der Waals surface area contributed by atoms with Crippen molar-refractivity contribution >= 4 is 17.7 Å². The molecule has 0 spiro atoms. The van der Waals surface area contributed by atoms with Gasteiger partial charge >= 0.3 is 0 Å². The summed E-state index contributed by atoms with van der Waals surface area (Å²) in [5.41, 5.74) is 0. The first-order valence-electron chi connectivity index (χ1n) is 7.78. The number of nitrogens with zero attached hydrogens (tertiary/aromatic N) is 2. The van der Waals surface area contributed by atoms with Crippen molar-refractivity contribution in [3.63, 3.8) is 0 Å². The Morgan fingerprint density at radius 3 is 2.74 bits per heavy atom. The minimum absolute atomic E-state index is 0.394. The Morgan fingerprint density at radius 2 is 2.00 bits per heavy atom. The van der Waals surface area contributed by atoms with E-state index in [0.29, 0.717) is 5.91 Å². The van der Waals surface area contributed by atoms with E-state index in [2.05, 4.69) is 16.1 Å². The maximum atomic E-state index is 12.2. The second kappa shape index (κ2) is 8.15. The molecule has 0 unspecified atom stereocenters. The lowest BCUT2D eigenvalue weighted by Crippen LogP contribution is -2.40. The number of rotatable bonds is 6. The lowest BCUT2D eigenvalue weighted by Gasteiger charge is -2.32. The van der Waals surface area contributed by atoms with Gasteiger partial charge in [0.15, 0.2) is 0 Å². The number of carbonyl (C=O) groups is 1. The second-order valence-electron chi connectivity index (χ2n) is 5.96. The minimum Gasteiger partial charge on any atom is -0.342 e. The first-order valence-corrected chi connectivity index (χ1v) is 9.18. The number of piperidine rings is 1. The van der Waals surface area contributed by atoms with Crippen LogP contribution in [0.2, 0.25) is 0 Å². The third-order valence-corrected chi connectivity index (χ3v) is 5.14. The molecule has 1 amide bonds. The Balaban J connectivity index is 1.64. The van der Waals surface area contributed by atoms with Crippen LogP contribution in [0.5, 0.6) is 0 Å². The molecule has 0 aromatic rings. The molecule has 0 N–H and O–H groups in total. The van der Waals surface area contributed by atoms with Crippen LogP contribution in [0.15, 0.2) is 0 Å². The fourth-order valence-electron chi connectivity index (χ4n) is 3.28. The minimum atomic E-state index is 0.394. The summed E-state index contributed by atoms with van der Waals surface area (Å²) in [4.78, 5) is 16.8. The van der Waals surface area contributed by atoms with Crippen molar-refractivity contribution in [2.45, 2.75) is 38.5 Å². The summed E-state index contributed by atoms with van der Waals surface area (Å²) in [5, 5.41) is 0. The average molecular weight is 284 g/mol. The molecule has 2 aliphatic heterocycles. The number of carbonyl (C=O) groups excluding carboxylic acids is 1. The Kier molecular flexibility index (Phi) is 6.51. The molecule has 2 saturated heterocycles. The molecule has 0 aliphatic carbocycles. The van der Waals surface area contributed by atoms with E-state index in [1.807, 2.05) is 11.8 Å². The normalized spacial score (nSPS) is 24.9. The molecule has 0 bridgehead atoms. The molecule has 0 aromatic carbocycles. The lowest BCUT2D eigenvalue weighted by molar-refractivity contribution is -0.133. The van der Waals surface area contributed by atoms with E-state index in [1.165, 1.54) is 44.5 Å². The van der Waals surface area contributed by atoms with Crippen molar-refractivity contribution in [3.05, 3.63) is 0 Å². The van der Waals surface area contributed by atoms with Gasteiger partial charge in [-0.1, -0.05) is 0 Å². The van der Waals surface area contributed by atoms with E-state index in [0.717, 1.165) is 38.4 Å². The van der Waals surface area contributed by atoms with E-state index in [9.17, 15) is 4.79 Å². The van der Waals surface area contributed by atoms with E-state index < -0.39 is 0 Å². The summed E-state index contributed by atoms with van der Waals surface area (Å²) in [7, 11) is 0. The highest BCUT2D eigenvalue weighted by Crippen LogP contribution is 2.20. The molecule has 1 atom stereocenters. The van der Waals surface area contributed by atoms with Crippen molar-refractivity contribution in [3.8, 4) is 0 Å². The van der Waals surface area contributed by atoms with E-state index in [-0.39, 0.29) is 0 Å². The van der Waals surface area contributed by atoms with Gasteiger partial charge in [-0.3, -0.25) is 4.79 Å². The molecule has 0 radical (unpaired) electrons. The fraction of sp³-hybridized carbons (Fsp3) is 0.933. The van der Waals surface area contributed by atoms with Crippen LogP contribution in [0.25, 0.3) is 0 Å². The van der Waals surface area contributed by atoms with Crippen molar-refractivity contribution in [2.24, 2.45) is 5.92 Å². The van der Waals surface area contributed by atoms with Gasteiger partial charge in [-0.15, -0.1) is 0 Å². The van der Waals surface area contributed by atoms with Gasteiger partial charge in [0, 0.05) is 19.5 Å². The number of likely N-dealkylation sites (tertiary alicyclic amines) is 2. The summed E-state index contributed by atoms with van der Waals surface area (Å²) >= 11 is 1.91. The van der Waals surface area contributed by atoms with Gasteiger partial charge in [-0.2, -0.15) is 11.8 Å². The average Bonchev–Trinajstić information content (AvgIpc) is 2.92. The SMILES string of the molecule is CSC[C@H]1CCCN(C(=O)CCCN2CCCC2)C1. The van der Waals surface area contributed by atoms with Crippen LogP contribution in [0.3, 0.4) is 0 Å². The summed E-state index contributed by atoms with van der Waals surface area (Å²) in [6.45, 7) is 5.60. The van der Waals surface area contributed by atoms with Gasteiger partial charge in [0.2, 0.25) is 5.91 Å². The predicted molar refractivity (Wildman–Crippen MR) is 82.6 cm³/mol. The highest BCUT2D eigenvalue weighted by atomic mass is 32.2. The lowest BCUT2D eigenvalue weighted by atomic mass is 9.99. The summed E-state index contributed by atoms with van der Waals surface area (Å²) in [5.74, 6) is 2.33. The number of hydrogen-bond acceptors (Lipinski definition) is 3. The zero-order valence-corrected chi connectivity index (χ0v) is 13.1. The zero-order chi connectivity index (χ0) is 13.5.